The van der Waals surface area contributed by atoms with Gasteiger partial charge in [-0.1, -0.05) is 0 Å². The zero-order valence-corrected chi connectivity index (χ0v) is 10.9. The number of aromatic nitrogens is 1. The van der Waals surface area contributed by atoms with E-state index in [0.717, 1.165) is 32.6 Å². The van der Waals surface area contributed by atoms with Gasteiger partial charge in [-0.2, -0.15) is 0 Å². The molecule has 0 atom stereocenters. The Morgan fingerprint density at radius 1 is 1.28 bits per heavy atom. The first kappa shape index (κ1) is 11.5. The normalized spacial score (nSPS) is 13.7. The Morgan fingerprint density at radius 3 is 2.78 bits per heavy atom. The molecule has 2 N–H and O–H groups in total. The highest BCUT2D eigenvalue weighted by Crippen LogP contribution is 2.37. The van der Waals surface area contributed by atoms with Crippen molar-refractivity contribution in [2.45, 2.75) is 13.5 Å². The summed E-state index contributed by atoms with van der Waals surface area (Å²) >= 11 is 1.63. The summed E-state index contributed by atoms with van der Waals surface area (Å²) in [5.74, 6) is 1.62. The lowest BCUT2D eigenvalue weighted by molar-refractivity contribution is 0.171. The summed E-state index contributed by atoms with van der Waals surface area (Å²) in [7, 11) is 0. The topological polar surface area (TPSA) is 57.4 Å². The van der Waals surface area contributed by atoms with E-state index in [0.29, 0.717) is 19.8 Å². The smallest absolute Gasteiger partial charge is 0.162 e. The van der Waals surface area contributed by atoms with Crippen LogP contribution in [0.4, 0.5) is 0 Å². The van der Waals surface area contributed by atoms with E-state index in [9.17, 15) is 0 Å². The third kappa shape index (κ3) is 1.95. The van der Waals surface area contributed by atoms with Gasteiger partial charge in [0.15, 0.2) is 11.5 Å². The second-order valence-corrected chi connectivity index (χ2v) is 5.17. The van der Waals surface area contributed by atoms with Crippen LogP contribution in [0.15, 0.2) is 18.2 Å². The third-order valence-corrected chi connectivity index (χ3v) is 4.05. The Kier molecular flexibility index (Phi) is 2.93. The predicted octanol–water partition coefficient (Wildman–Crippen LogP) is 2.35. The molecule has 0 saturated heterocycles. The van der Waals surface area contributed by atoms with E-state index in [1.54, 1.807) is 11.3 Å². The molecule has 1 aliphatic heterocycles. The molecule has 0 unspecified atom stereocenters. The van der Waals surface area contributed by atoms with Crippen LogP contribution in [0.5, 0.6) is 11.5 Å². The molecule has 1 aromatic carbocycles. The SMILES string of the molecule is Cc1nc(CN)sc1-c1ccc2c(c1)OCCO2. The average Bonchev–Trinajstić information content (AvgIpc) is 2.79. The molecule has 3 rings (SSSR count). The van der Waals surface area contributed by atoms with E-state index in [1.807, 2.05) is 25.1 Å². The van der Waals surface area contributed by atoms with Gasteiger partial charge in [-0.25, -0.2) is 4.98 Å². The average molecular weight is 262 g/mol. The number of rotatable bonds is 2. The van der Waals surface area contributed by atoms with Crippen LogP contribution in [0, 0.1) is 6.92 Å². The summed E-state index contributed by atoms with van der Waals surface area (Å²) in [5, 5.41) is 0.956. The highest BCUT2D eigenvalue weighted by atomic mass is 32.1. The number of aryl methyl sites for hydroxylation is 1. The van der Waals surface area contributed by atoms with Gasteiger partial charge in [0.2, 0.25) is 0 Å². The van der Waals surface area contributed by atoms with Crippen LogP contribution in [-0.2, 0) is 6.54 Å². The number of thiazole rings is 1. The molecule has 4 nitrogen and oxygen atoms in total. The molecule has 94 valence electrons. The highest BCUT2D eigenvalue weighted by molar-refractivity contribution is 7.15. The Balaban J connectivity index is 2.03. The molecule has 0 aliphatic carbocycles. The minimum absolute atomic E-state index is 0.482. The van der Waals surface area contributed by atoms with E-state index < -0.39 is 0 Å². The summed E-state index contributed by atoms with van der Waals surface area (Å²) in [6, 6.07) is 5.99. The van der Waals surface area contributed by atoms with Gasteiger partial charge in [0.05, 0.1) is 10.6 Å². The molecule has 1 aromatic heterocycles. The van der Waals surface area contributed by atoms with Crippen molar-refractivity contribution < 1.29 is 9.47 Å². The van der Waals surface area contributed by atoms with Crippen molar-refractivity contribution >= 4 is 11.3 Å². The van der Waals surface area contributed by atoms with Crippen LogP contribution in [0.25, 0.3) is 10.4 Å². The van der Waals surface area contributed by atoms with Crippen LogP contribution in [0.3, 0.4) is 0 Å². The molecule has 0 amide bonds. The van der Waals surface area contributed by atoms with Crippen LogP contribution in [0.1, 0.15) is 10.7 Å². The molecule has 0 radical (unpaired) electrons. The highest BCUT2D eigenvalue weighted by Gasteiger charge is 2.15. The van der Waals surface area contributed by atoms with Crippen LogP contribution in [0.2, 0.25) is 0 Å². The largest absolute Gasteiger partial charge is 0.486 e. The second-order valence-electron chi connectivity index (χ2n) is 4.08. The number of ether oxygens (including phenoxy) is 2. The van der Waals surface area contributed by atoms with Gasteiger partial charge in [-0.15, -0.1) is 11.3 Å². The Labute approximate surface area is 109 Å². The number of hydrogen-bond acceptors (Lipinski definition) is 5. The van der Waals surface area contributed by atoms with Crippen molar-refractivity contribution in [1.82, 2.24) is 4.98 Å². The van der Waals surface area contributed by atoms with Gasteiger partial charge in [-0.05, 0) is 30.7 Å². The van der Waals surface area contributed by atoms with Gasteiger partial charge in [0.1, 0.15) is 18.2 Å². The summed E-state index contributed by atoms with van der Waals surface area (Å²) in [5.41, 5.74) is 7.74. The second kappa shape index (κ2) is 4.59. The molecule has 5 heteroatoms. The Bertz CT molecular complexity index is 580. The minimum atomic E-state index is 0.482. The maximum Gasteiger partial charge on any atom is 0.162 e. The summed E-state index contributed by atoms with van der Waals surface area (Å²) in [6.45, 7) is 3.70. The van der Waals surface area contributed by atoms with E-state index in [2.05, 4.69) is 4.98 Å². The van der Waals surface area contributed by atoms with Crippen LogP contribution < -0.4 is 15.2 Å². The van der Waals surface area contributed by atoms with E-state index >= 15 is 0 Å². The molecular weight excluding hydrogens is 248 g/mol. The first-order valence-electron chi connectivity index (χ1n) is 5.84. The molecule has 0 saturated carbocycles. The lowest BCUT2D eigenvalue weighted by Gasteiger charge is -2.18. The van der Waals surface area contributed by atoms with E-state index in [1.165, 1.54) is 0 Å². The fourth-order valence-electron chi connectivity index (χ4n) is 1.99. The van der Waals surface area contributed by atoms with E-state index in [4.69, 9.17) is 15.2 Å². The van der Waals surface area contributed by atoms with Crippen molar-refractivity contribution in [3.8, 4) is 21.9 Å². The number of nitrogens with two attached hydrogens (primary N) is 1. The van der Waals surface area contributed by atoms with Crippen LogP contribution in [-0.4, -0.2) is 18.2 Å². The first-order chi connectivity index (χ1) is 8.78. The van der Waals surface area contributed by atoms with Crippen molar-refractivity contribution in [2.75, 3.05) is 13.2 Å². The fraction of sp³-hybridized carbons (Fsp3) is 0.308. The minimum Gasteiger partial charge on any atom is -0.486 e. The summed E-state index contributed by atoms with van der Waals surface area (Å²) < 4.78 is 11.1. The van der Waals surface area contributed by atoms with Crippen molar-refractivity contribution in [1.29, 1.82) is 0 Å². The molecule has 18 heavy (non-hydrogen) atoms. The van der Waals surface area contributed by atoms with Gasteiger partial charge >= 0.3 is 0 Å². The van der Waals surface area contributed by atoms with Crippen molar-refractivity contribution in [3.63, 3.8) is 0 Å². The summed E-state index contributed by atoms with van der Waals surface area (Å²) in [6.07, 6.45) is 0. The zero-order valence-electron chi connectivity index (χ0n) is 10.1. The Morgan fingerprint density at radius 2 is 2.06 bits per heavy atom. The number of hydrogen-bond donors (Lipinski definition) is 1. The fourth-order valence-corrected chi connectivity index (χ4v) is 2.93. The molecule has 0 spiro atoms. The monoisotopic (exact) mass is 262 g/mol. The lowest BCUT2D eigenvalue weighted by Crippen LogP contribution is -2.15. The third-order valence-electron chi connectivity index (χ3n) is 2.82. The molecule has 2 heterocycles. The standard InChI is InChI=1S/C13H14N2O2S/c1-8-13(18-12(7-14)15-8)9-2-3-10-11(6-9)17-5-4-16-10/h2-3,6H,4-5,7,14H2,1H3. The molecule has 2 aromatic rings. The zero-order chi connectivity index (χ0) is 12.5. The summed E-state index contributed by atoms with van der Waals surface area (Å²) in [4.78, 5) is 5.58. The van der Waals surface area contributed by atoms with Gasteiger partial charge in [-0.3, -0.25) is 0 Å². The molecular formula is C13H14N2O2S. The van der Waals surface area contributed by atoms with Gasteiger partial charge < -0.3 is 15.2 Å². The maximum absolute atomic E-state index is 5.62. The van der Waals surface area contributed by atoms with Crippen molar-refractivity contribution in [3.05, 3.63) is 28.9 Å². The van der Waals surface area contributed by atoms with E-state index in [-0.39, 0.29) is 0 Å². The van der Waals surface area contributed by atoms with Gasteiger partial charge in [0, 0.05) is 6.54 Å². The number of fused-ring (bicyclic) bond motifs is 1. The lowest BCUT2D eigenvalue weighted by atomic mass is 10.1. The quantitative estimate of drug-likeness (QED) is 0.902. The maximum atomic E-state index is 5.62. The van der Waals surface area contributed by atoms with Crippen LogP contribution >= 0.6 is 11.3 Å². The predicted molar refractivity (Wildman–Crippen MR) is 71.2 cm³/mol. The molecule has 0 bridgehead atoms. The number of nitrogens with zero attached hydrogens (tertiary/aromatic N) is 1. The Hall–Kier alpha value is -1.59. The van der Waals surface area contributed by atoms with Gasteiger partial charge in [0.25, 0.3) is 0 Å². The number of benzene rings is 1. The first-order valence-corrected chi connectivity index (χ1v) is 6.66. The molecule has 0 fully saturated rings. The molecule has 1 aliphatic rings. The van der Waals surface area contributed by atoms with Crippen molar-refractivity contribution in [2.24, 2.45) is 5.73 Å².